The van der Waals surface area contributed by atoms with Crippen molar-refractivity contribution >= 4 is 17.8 Å². The number of unbranched alkanes of at least 4 members (excludes halogenated alkanes) is 2. The van der Waals surface area contributed by atoms with Crippen LogP contribution in [0.5, 0.6) is 0 Å². The van der Waals surface area contributed by atoms with Crippen LogP contribution in [0.3, 0.4) is 0 Å². The highest BCUT2D eigenvalue weighted by molar-refractivity contribution is 5.83. The smallest absolute Gasteiger partial charge is 0.326 e. The van der Waals surface area contributed by atoms with E-state index >= 15 is 0 Å². The molecule has 0 saturated heterocycles. The van der Waals surface area contributed by atoms with Crippen LogP contribution in [0.15, 0.2) is 0 Å². The predicted molar refractivity (Wildman–Crippen MR) is 65.2 cm³/mol. The Bertz CT molecular complexity index is 290. The summed E-state index contributed by atoms with van der Waals surface area (Å²) in [5, 5.41) is 19.8. The van der Waals surface area contributed by atoms with Crippen molar-refractivity contribution in [1.82, 2.24) is 5.32 Å². The van der Waals surface area contributed by atoms with Crippen LogP contribution in [-0.2, 0) is 14.4 Å². The Hall–Kier alpha value is -1.59. The van der Waals surface area contributed by atoms with Gasteiger partial charge in [0, 0.05) is 12.8 Å². The quantitative estimate of drug-likeness (QED) is 0.514. The van der Waals surface area contributed by atoms with Crippen LogP contribution in [0.4, 0.5) is 0 Å². The van der Waals surface area contributed by atoms with Crippen LogP contribution >= 0.6 is 0 Å². The molecule has 0 saturated carbocycles. The Morgan fingerprint density at radius 3 is 2.22 bits per heavy atom. The van der Waals surface area contributed by atoms with Crippen molar-refractivity contribution in [2.45, 2.75) is 57.9 Å². The third-order valence-electron chi connectivity index (χ3n) is 2.52. The second-order valence-electron chi connectivity index (χ2n) is 4.20. The van der Waals surface area contributed by atoms with Crippen molar-refractivity contribution in [3.05, 3.63) is 0 Å². The lowest BCUT2D eigenvalue weighted by Crippen LogP contribution is -2.40. The standard InChI is InChI=1S/C12H21NO5/c1-2-3-7-10(14)13-9(12(17)18)6-4-5-8-11(15)16/h9H,2-8H2,1H3,(H,13,14)(H,15,16)(H,17,18). The lowest BCUT2D eigenvalue weighted by atomic mass is 10.1. The maximum Gasteiger partial charge on any atom is 0.326 e. The molecule has 0 aliphatic rings. The zero-order valence-corrected chi connectivity index (χ0v) is 10.6. The lowest BCUT2D eigenvalue weighted by molar-refractivity contribution is -0.142. The van der Waals surface area contributed by atoms with Crippen molar-refractivity contribution in [2.75, 3.05) is 0 Å². The van der Waals surface area contributed by atoms with Gasteiger partial charge in [-0.1, -0.05) is 19.8 Å². The number of carboxylic acids is 2. The van der Waals surface area contributed by atoms with E-state index in [1.807, 2.05) is 6.92 Å². The minimum absolute atomic E-state index is 0.0239. The number of nitrogens with one attached hydrogen (secondary N) is 1. The molecule has 0 bridgehead atoms. The molecule has 1 amide bonds. The molecule has 0 aromatic carbocycles. The second-order valence-corrected chi connectivity index (χ2v) is 4.20. The summed E-state index contributed by atoms with van der Waals surface area (Å²) in [6.45, 7) is 1.95. The fourth-order valence-corrected chi connectivity index (χ4v) is 1.49. The summed E-state index contributed by atoms with van der Waals surface area (Å²) < 4.78 is 0. The first kappa shape index (κ1) is 16.4. The molecule has 3 N–H and O–H groups in total. The zero-order valence-electron chi connectivity index (χ0n) is 10.6. The van der Waals surface area contributed by atoms with Gasteiger partial charge in [-0.3, -0.25) is 9.59 Å². The highest BCUT2D eigenvalue weighted by Gasteiger charge is 2.19. The first-order valence-electron chi connectivity index (χ1n) is 6.21. The highest BCUT2D eigenvalue weighted by atomic mass is 16.4. The monoisotopic (exact) mass is 259 g/mol. The molecule has 0 aromatic rings. The van der Waals surface area contributed by atoms with Crippen molar-refractivity contribution in [3.63, 3.8) is 0 Å². The molecule has 0 aliphatic heterocycles. The Labute approximate surface area is 106 Å². The Morgan fingerprint density at radius 1 is 1.06 bits per heavy atom. The number of aliphatic carboxylic acids is 2. The van der Waals surface area contributed by atoms with E-state index in [0.29, 0.717) is 19.3 Å². The van der Waals surface area contributed by atoms with Crippen LogP contribution < -0.4 is 5.32 Å². The van der Waals surface area contributed by atoms with Crippen LogP contribution in [0, 0.1) is 0 Å². The number of rotatable bonds is 10. The Balaban J connectivity index is 3.95. The molecule has 104 valence electrons. The lowest BCUT2D eigenvalue weighted by Gasteiger charge is -2.14. The van der Waals surface area contributed by atoms with E-state index in [-0.39, 0.29) is 18.7 Å². The Kier molecular flexibility index (Phi) is 8.61. The van der Waals surface area contributed by atoms with E-state index in [0.717, 1.165) is 12.8 Å². The summed E-state index contributed by atoms with van der Waals surface area (Å²) in [4.78, 5) is 32.6. The Morgan fingerprint density at radius 2 is 1.72 bits per heavy atom. The molecule has 0 spiro atoms. The van der Waals surface area contributed by atoms with Crippen LogP contribution in [-0.4, -0.2) is 34.1 Å². The summed E-state index contributed by atoms with van der Waals surface area (Å²) in [6, 6.07) is -0.914. The summed E-state index contributed by atoms with van der Waals surface area (Å²) >= 11 is 0. The van der Waals surface area contributed by atoms with Crippen molar-refractivity contribution < 1.29 is 24.6 Å². The third kappa shape index (κ3) is 8.55. The van der Waals surface area contributed by atoms with Gasteiger partial charge in [0.15, 0.2) is 0 Å². The molecule has 0 aliphatic carbocycles. The third-order valence-corrected chi connectivity index (χ3v) is 2.52. The fraction of sp³-hybridized carbons (Fsp3) is 0.750. The van der Waals surface area contributed by atoms with Gasteiger partial charge in [-0.15, -0.1) is 0 Å². The van der Waals surface area contributed by atoms with Gasteiger partial charge in [-0.25, -0.2) is 4.79 Å². The molecule has 6 nitrogen and oxygen atoms in total. The first-order chi connectivity index (χ1) is 8.47. The number of hydrogen-bond donors (Lipinski definition) is 3. The van der Waals surface area contributed by atoms with E-state index in [1.54, 1.807) is 0 Å². The van der Waals surface area contributed by atoms with Crippen LogP contribution in [0.25, 0.3) is 0 Å². The van der Waals surface area contributed by atoms with Gasteiger partial charge < -0.3 is 15.5 Å². The largest absolute Gasteiger partial charge is 0.481 e. The van der Waals surface area contributed by atoms with Gasteiger partial charge in [0.1, 0.15) is 6.04 Å². The summed E-state index contributed by atoms with van der Waals surface area (Å²) in [7, 11) is 0. The van der Waals surface area contributed by atoms with Crippen molar-refractivity contribution in [3.8, 4) is 0 Å². The maximum absolute atomic E-state index is 11.4. The van der Waals surface area contributed by atoms with Gasteiger partial charge >= 0.3 is 11.9 Å². The van der Waals surface area contributed by atoms with E-state index in [2.05, 4.69) is 5.32 Å². The molecular weight excluding hydrogens is 238 g/mol. The molecule has 0 rings (SSSR count). The van der Waals surface area contributed by atoms with Crippen LogP contribution in [0.2, 0.25) is 0 Å². The van der Waals surface area contributed by atoms with Gasteiger partial charge in [0.25, 0.3) is 0 Å². The average Bonchev–Trinajstić information content (AvgIpc) is 2.29. The summed E-state index contributed by atoms with van der Waals surface area (Å²) in [5.41, 5.74) is 0. The molecular formula is C12H21NO5. The SMILES string of the molecule is CCCCC(=O)NC(CCCCC(=O)O)C(=O)O. The van der Waals surface area contributed by atoms with E-state index in [1.165, 1.54) is 0 Å². The number of carboxylic acid groups (broad SMARTS) is 2. The molecule has 0 fully saturated rings. The zero-order chi connectivity index (χ0) is 14.0. The number of carbonyl (C=O) groups is 3. The van der Waals surface area contributed by atoms with Gasteiger partial charge in [-0.05, 0) is 19.3 Å². The predicted octanol–water partition coefficient (Wildman–Crippen LogP) is 1.39. The first-order valence-corrected chi connectivity index (χ1v) is 6.21. The summed E-state index contributed by atoms with van der Waals surface area (Å²) in [5.74, 6) is -2.23. The minimum atomic E-state index is -1.07. The molecule has 6 heteroatoms. The van der Waals surface area contributed by atoms with E-state index in [4.69, 9.17) is 10.2 Å². The molecule has 1 unspecified atom stereocenters. The molecule has 18 heavy (non-hydrogen) atoms. The number of amides is 1. The average molecular weight is 259 g/mol. The normalized spacial score (nSPS) is 11.8. The number of carbonyl (C=O) groups excluding carboxylic acids is 1. The molecule has 0 aromatic heterocycles. The van der Waals surface area contributed by atoms with Gasteiger partial charge in [-0.2, -0.15) is 0 Å². The van der Waals surface area contributed by atoms with Crippen molar-refractivity contribution in [1.29, 1.82) is 0 Å². The van der Waals surface area contributed by atoms with E-state index in [9.17, 15) is 14.4 Å². The topological polar surface area (TPSA) is 104 Å². The fourth-order valence-electron chi connectivity index (χ4n) is 1.49. The molecule has 1 atom stereocenters. The second kappa shape index (κ2) is 9.44. The van der Waals surface area contributed by atoms with Gasteiger partial charge in [0.2, 0.25) is 5.91 Å². The number of hydrogen-bond acceptors (Lipinski definition) is 3. The van der Waals surface area contributed by atoms with Crippen LogP contribution in [0.1, 0.15) is 51.9 Å². The van der Waals surface area contributed by atoms with Gasteiger partial charge in [0.05, 0.1) is 0 Å². The highest BCUT2D eigenvalue weighted by Crippen LogP contribution is 2.05. The minimum Gasteiger partial charge on any atom is -0.481 e. The van der Waals surface area contributed by atoms with Crippen molar-refractivity contribution in [2.24, 2.45) is 0 Å². The molecule has 0 heterocycles. The van der Waals surface area contributed by atoms with E-state index < -0.39 is 18.0 Å². The molecule has 0 radical (unpaired) electrons. The maximum atomic E-state index is 11.4. The summed E-state index contributed by atoms with van der Waals surface area (Å²) in [6.07, 6.45) is 3.12.